The van der Waals surface area contributed by atoms with Crippen LogP contribution in [0.25, 0.3) is 0 Å². The van der Waals surface area contributed by atoms with Gasteiger partial charge in [0, 0.05) is 11.3 Å². The number of carbonyl (C=O) groups is 4. The van der Waals surface area contributed by atoms with Gasteiger partial charge in [-0.2, -0.15) is 0 Å². The number of esters is 2. The van der Waals surface area contributed by atoms with E-state index in [9.17, 15) is 19.2 Å². The largest absolute Gasteiger partial charge is 0.462 e. The molecule has 0 bridgehead atoms. The minimum atomic E-state index is -0.635. The van der Waals surface area contributed by atoms with E-state index in [1.165, 1.54) is 22.7 Å². The molecule has 150 valence electrons. The molecule has 0 saturated heterocycles. The lowest BCUT2D eigenvalue weighted by molar-refractivity contribution is -0.147. The Kier molecular flexibility index (Phi) is 7.89. The molecule has 0 spiro atoms. The zero-order chi connectivity index (χ0) is 20.7. The number of amides is 1. The minimum Gasteiger partial charge on any atom is -0.462 e. The van der Waals surface area contributed by atoms with Crippen molar-refractivity contribution in [2.45, 2.75) is 33.6 Å². The van der Waals surface area contributed by atoms with E-state index >= 15 is 0 Å². The minimum absolute atomic E-state index is 0.0251. The fourth-order valence-corrected chi connectivity index (χ4v) is 4.08. The van der Waals surface area contributed by atoms with Crippen molar-refractivity contribution in [3.05, 3.63) is 38.4 Å². The number of ketones is 1. The Bertz CT molecular complexity index is 869. The van der Waals surface area contributed by atoms with Crippen molar-refractivity contribution in [2.24, 2.45) is 0 Å². The highest BCUT2D eigenvalue weighted by Gasteiger charge is 2.22. The van der Waals surface area contributed by atoms with Crippen LogP contribution in [0.3, 0.4) is 0 Å². The van der Waals surface area contributed by atoms with Crippen LogP contribution in [0.15, 0.2) is 17.5 Å². The number of ether oxygens (including phenoxy) is 2. The van der Waals surface area contributed by atoms with Gasteiger partial charge in [0.1, 0.15) is 5.00 Å². The van der Waals surface area contributed by atoms with Crippen molar-refractivity contribution in [1.82, 2.24) is 0 Å². The number of nitrogens with one attached hydrogen (secondary N) is 1. The van der Waals surface area contributed by atoms with E-state index in [1.807, 2.05) is 6.92 Å². The van der Waals surface area contributed by atoms with Crippen molar-refractivity contribution in [3.63, 3.8) is 0 Å². The van der Waals surface area contributed by atoms with Crippen LogP contribution in [-0.2, 0) is 19.1 Å². The second-order valence-electron chi connectivity index (χ2n) is 5.82. The molecule has 2 aromatic heterocycles. The number of carbonyl (C=O) groups excluding carboxylic acids is 4. The van der Waals surface area contributed by atoms with Crippen LogP contribution in [0.5, 0.6) is 0 Å². The van der Waals surface area contributed by atoms with Gasteiger partial charge in [0.25, 0.3) is 5.91 Å². The number of rotatable bonds is 9. The van der Waals surface area contributed by atoms with Gasteiger partial charge in [-0.05, 0) is 37.8 Å². The number of anilines is 1. The highest BCUT2D eigenvalue weighted by molar-refractivity contribution is 7.16. The van der Waals surface area contributed by atoms with Gasteiger partial charge in [0.05, 0.1) is 23.5 Å². The van der Waals surface area contributed by atoms with Crippen LogP contribution >= 0.6 is 22.7 Å². The first kappa shape index (κ1) is 21.8. The van der Waals surface area contributed by atoms with E-state index in [0.29, 0.717) is 15.4 Å². The van der Waals surface area contributed by atoms with Crippen LogP contribution in [-0.4, -0.2) is 36.8 Å². The smallest absolute Gasteiger partial charge is 0.341 e. The predicted molar refractivity (Wildman–Crippen MR) is 107 cm³/mol. The fourth-order valence-electron chi connectivity index (χ4n) is 2.32. The van der Waals surface area contributed by atoms with Crippen LogP contribution < -0.4 is 5.32 Å². The Hall–Kier alpha value is -2.52. The molecular formula is C19H21NO6S2. The Morgan fingerprint density at radius 1 is 1.11 bits per heavy atom. The molecule has 0 aliphatic rings. The first-order valence-electron chi connectivity index (χ1n) is 8.62. The third-order valence-corrected chi connectivity index (χ3v) is 5.87. The maximum Gasteiger partial charge on any atom is 0.341 e. The summed E-state index contributed by atoms with van der Waals surface area (Å²) in [4.78, 5) is 49.3. The Morgan fingerprint density at radius 2 is 1.86 bits per heavy atom. The van der Waals surface area contributed by atoms with Crippen molar-refractivity contribution in [2.75, 3.05) is 18.5 Å². The summed E-state index contributed by atoms with van der Waals surface area (Å²) in [6.45, 7) is 5.04. The maximum absolute atomic E-state index is 12.1. The lowest BCUT2D eigenvalue weighted by Crippen LogP contribution is -2.22. The average molecular weight is 424 g/mol. The molecular weight excluding hydrogens is 402 g/mol. The Balaban J connectivity index is 1.85. The van der Waals surface area contributed by atoms with Gasteiger partial charge in [-0.3, -0.25) is 14.4 Å². The van der Waals surface area contributed by atoms with E-state index in [2.05, 4.69) is 5.32 Å². The molecule has 28 heavy (non-hydrogen) atoms. The number of hydrogen-bond acceptors (Lipinski definition) is 8. The molecule has 7 nitrogen and oxygen atoms in total. The number of aryl methyl sites for hydroxylation is 1. The fraction of sp³-hybridized carbons (Fsp3) is 0.368. The monoisotopic (exact) mass is 423 g/mol. The van der Waals surface area contributed by atoms with E-state index in [-0.39, 0.29) is 25.2 Å². The number of hydrogen-bond donors (Lipinski definition) is 1. The normalized spacial score (nSPS) is 10.4. The molecule has 0 radical (unpaired) electrons. The molecule has 1 amide bonds. The average Bonchev–Trinajstić information content (AvgIpc) is 3.27. The molecule has 2 rings (SSSR count). The molecule has 0 aliphatic carbocycles. The van der Waals surface area contributed by atoms with Crippen LogP contribution in [0.4, 0.5) is 5.00 Å². The van der Waals surface area contributed by atoms with E-state index in [4.69, 9.17) is 9.47 Å². The maximum atomic E-state index is 12.1. The summed E-state index contributed by atoms with van der Waals surface area (Å²) in [5.74, 6) is -1.85. The van der Waals surface area contributed by atoms with Crippen molar-refractivity contribution in [1.29, 1.82) is 0 Å². The lowest BCUT2D eigenvalue weighted by atomic mass is 10.1. The second-order valence-corrected chi connectivity index (χ2v) is 7.99. The quantitative estimate of drug-likeness (QED) is 0.487. The van der Waals surface area contributed by atoms with E-state index < -0.39 is 24.5 Å². The van der Waals surface area contributed by atoms with Gasteiger partial charge >= 0.3 is 11.9 Å². The highest BCUT2D eigenvalue weighted by Crippen LogP contribution is 2.33. The zero-order valence-corrected chi connectivity index (χ0v) is 17.5. The molecule has 1 N–H and O–H groups in total. The summed E-state index contributed by atoms with van der Waals surface area (Å²) >= 11 is 2.56. The number of thiophene rings is 2. The molecule has 0 aliphatic heterocycles. The molecule has 0 saturated carbocycles. The van der Waals surface area contributed by atoms with Gasteiger partial charge in [0.15, 0.2) is 12.4 Å². The molecule has 9 heteroatoms. The molecule has 0 unspecified atom stereocenters. The molecule has 0 atom stereocenters. The summed E-state index contributed by atoms with van der Waals surface area (Å²) in [6.07, 6.45) is -0.0768. The Labute approximate surface area is 170 Å². The summed E-state index contributed by atoms with van der Waals surface area (Å²) in [5.41, 5.74) is 1.05. The van der Waals surface area contributed by atoms with Gasteiger partial charge in [0.2, 0.25) is 0 Å². The summed E-state index contributed by atoms with van der Waals surface area (Å²) < 4.78 is 9.94. The summed E-state index contributed by atoms with van der Waals surface area (Å²) in [6, 6.07) is 3.46. The second kappa shape index (κ2) is 10.1. The van der Waals surface area contributed by atoms with E-state index in [1.54, 1.807) is 31.4 Å². The first-order chi connectivity index (χ1) is 13.3. The van der Waals surface area contributed by atoms with Gasteiger partial charge in [-0.15, -0.1) is 22.7 Å². The van der Waals surface area contributed by atoms with Crippen molar-refractivity contribution in [3.8, 4) is 0 Å². The van der Waals surface area contributed by atoms with Crippen molar-refractivity contribution >= 4 is 51.3 Å². The predicted octanol–water partition coefficient (Wildman–Crippen LogP) is 3.75. The SMILES string of the molecule is CCOC(=O)c1c(NC(=O)COC(=O)CCC(=O)c2cccs2)sc(C)c1C. The van der Waals surface area contributed by atoms with Gasteiger partial charge in [-0.1, -0.05) is 6.07 Å². The Morgan fingerprint density at radius 3 is 2.50 bits per heavy atom. The van der Waals surface area contributed by atoms with Crippen LogP contribution in [0.2, 0.25) is 0 Å². The summed E-state index contributed by atoms with van der Waals surface area (Å²) in [7, 11) is 0. The van der Waals surface area contributed by atoms with Crippen molar-refractivity contribution < 1.29 is 28.7 Å². The van der Waals surface area contributed by atoms with Gasteiger partial charge < -0.3 is 14.8 Å². The standard InChI is InChI=1S/C19H21NO6S2/c1-4-25-19(24)17-11(2)12(3)28-18(17)20-15(22)10-26-16(23)8-7-13(21)14-6-5-9-27-14/h5-6,9H,4,7-8,10H2,1-3H3,(H,20,22). The lowest BCUT2D eigenvalue weighted by Gasteiger charge is -2.08. The first-order valence-corrected chi connectivity index (χ1v) is 10.3. The van der Waals surface area contributed by atoms with Crippen LogP contribution in [0, 0.1) is 13.8 Å². The molecule has 0 fully saturated rings. The summed E-state index contributed by atoms with van der Waals surface area (Å²) in [5, 5.41) is 4.74. The number of Topliss-reactive ketones (excluding diaryl/α,β-unsaturated/α-hetero) is 1. The molecule has 2 aromatic rings. The topological polar surface area (TPSA) is 98.8 Å². The van der Waals surface area contributed by atoms with Gasteiger partial charge in [-0.25, -0.2) is 4.79 Å². The highest BCUT2D eigenvalue weighted by atomic mass is 32.1. The zero-order valence-electron chi connectivity index (χ0n) is 15.8. The van der Waals surface area contributed by atoms with E-state index in [0.717, 1.165) is 10.4 Å². The third kappa shape index (κ3) is 5.74. The molecule has 2 heterocycles. The van der Waals surface area contributed by atoms with Crippen LogP contribution in [0.1, 0.15) is 50.2 Å². The third-order valence-electron chi connectivity index (χ3n) is 3.83. The molecule has 0 aromatic carbocycles.